The van der Waals surface area contributed by atoms with Crippen molar-refractivity contribution < 1.29 is 0 Å². The average Bonchev–Trinajstić information content (AvgIpc) is 3.22. The lowest BCUT2D eigenvalue weighted by Crippen LogP contribution is -2.24. The second kappa shape index (κ2) is 5.79. The van der Waals surface area contributed by atoms with Gasteiger partial charge >= 0.3 is 0 Å². The van der Waals surface area contributed by atoms with E-state index < -0.39 is 0 Å². The maximum Gasteiger partial charge on any atom is 0.200 e. The predicted molar refractivity (Wildman–Crippen MR) is 86.4 cm³/mol. The van der Waals surface area contributed by atoms with Crippen molar-refractivity contribution >= 4 is 17.3 Å². The molecule has 1 aliphatic rings. The number of aromatic nitrogens is 6. The smallest absolute Gasteiger partial charge is 0.200 e. The molecule has 0 aromatic carbocycles. The third-order valence-corrected chi connectivity index (χ3v) is 4.15. The summed E-state index contributed by atoms with van der Waals surface area (Å²) in [6.07, 6.45) is 3.02. The number of anilines is 2. The average molecular weight is 310 g/mol. The molecule has 0 aliphatic carbocycles. The maximum atomic E-state index is 4.45. The van der Waals surface area contributed by atoms with E-state index in [1.54, 1.807) is 0 Å². The topological polar surface area (TPSA) is 84.1 Å². The lowest BCUT2D eigenvalue weighted by atomic mass is 10.1. The molecule has 0 spiro atoms. The molecular weight excluding hydrogens is 292 g/mol. The van der Waals surface area contributed by atoms with Crippen molar-refractivity contribution in [3.8, 4) is 0 Å². The van der Waals surface area contributed by atoms with E-state index in [0.29, 0.717) is 11.6 Å². The SMILES string of the molecule is Cc1ccc(NCC2CCN(c3ccc4nnnn4n3)C2)nc1. The summed E-state index contributed by atoms with van der Waals surface area (Å²) in [5, 5.41) is 19.2. The van der Waals surface area contributed by atoms with E-state index in [4.69, 9.17) is 0 Å². The fourth-order valence-corrected chi connectivity index (χ4v) is 2.84. The Labute approximate surface area is 133 Å². The van der Waals surface area contributed by atoms with Crippen molar-refractivity contribution in [1.82, 2.24) is 30.2 Å². The summed E-state index contributed by atoms with van der Waals surface area (Å²) in [7, 11) is 0. The van der Waals surface area contributed by atoms with Gasteiger partial charge in [0.1, 0.15) is 5.82 Å². The molecule has 1 atom stereocenters. The molecule has 3 aromatic heterocycles. The van der Waals surface area contributed by atoms with Gasteiger partial charge in [0.25, 0.3) is 0 Å². The van der Waals surface area contributed by atoms with Crippen molar-refractivity contribution in [3.05, 3.63) is 36.0 Å². The zero-order valence-corrected chi connectivity index (χ0v) is 12.9. The van der Waals surface area contributed by atoms with Gasteiger partial charge in [-0.3, -0.25) is 0 Å². The summed E-state index contributed by atoms with van der Waals surface area (Å²) in [5.74, 6) is 2.42. The molecule has 4 rings (SSSR count). The standard InChI is InChI=1S/C15H18N8/c1-11-2-3-13(16-8-11)17-9-12-6-7-22(10-12)15-5-4-14-18-20-21-23(14)19-15/h2-5,8,12H,6-7,9-10H2,1H3,(H,16,17). The van der Waals surface area contributed by atoms with Crippen molar-refractivity contribution in [2.75, 3.05) is 29.9 Å². The minimum absolute atomic E-state index is 0.574. The quantitative estimate of drug-likeness (QED) is 0.774. The van der Waals surface area contributed by atoms with Gasteiger partial charge in [-0.15, -0.1) is 14.8 Å². The molecule has 1 aliphatic heterocycles. The Bertz CT molecular complexity index is 797. The molecule has 3 aromatic rings. The van der Waals surface area contributed by atoms with Crippen LogP contribution >= 0.6 is 0 Å². The maximum absolute atomic E-state index is 4.45. The predicted octanol–water partition coefficient (Wildman–Crippen LogP) is 1.16. The first-order chi connectivity index (χ1) is 11.3. The van der Waals surface area contributed by atoms with Gasteiger partial charge in [0.05, 0.1) is 0 Å². The van der Waals surface area contributed by atoms with Gasteiger partial charge in [-0.1, -0.05) is 6.07 Å². The Kier molecular flexibility index (Phi) is 3.49. The fourth-order valence-electron chi connectivity index (χ4n) is 2.84. The lowest BCUT2D eigenvalue weighted by molar-refractivity contribution is 0.619. The van der Waals surface area contributed by atoms with Crippen LogP contribution in [-0.4, -0.2) is 49.9 Å². The van der Waals surface area contributed by atoms with Crippen LogP contribution < -0.4 is 10.2 Å². The zero-order valence-electron chi connectivity index (χ0n) is 12.9. The highest BCUT2D eigenvalue weighted by Crippen LogP contribution is 2.22. The first-order valence-corrected chi connectivity index (χ1v) is 7.75. The van der Waals surface area contributed by atoms with Gasteiger partial charge in [-0.05, 0) is 53.5 Å². The zero-order chi connectivity index (χ0) is 15.6. The second-order valence-corrected chi connectivity index (χ2v) is 5.92. The summed E-state index contributed by atoms with van der Waals surface area (Å²) < 4.78 is 1.47. The fraction of sp³-hybridized carbons (Fsp3) is 0.400. The molecular formula is C15H18N8. The second-order valence-electron chi connectivity index (χ2n) is 5.92. The van der Waals surface area contributed by atoms with Crippen molar-refractivity contribution in [1.29, 1.82) is 0 Å². The van der Waals surface area contributed by atoms with E-state index in [1.165, 1.54) is 10.2 Å². The molecule has 0 saturated carbocycles. The third kappa shape index (κ3) is 2.92. The van der Waals surface area contributed by atoms with E-state index >= 15 is 0 Å². The number of tetrazole rings is 1. The van der Waals surface area contributed by atoms with Gasteiger partial charge in [0, 0.05) is 25.8 Å². The monoisotopic (exact) mass is 310 g/mol. The minimum Gasteiger partial charge on any atom is -0.370 e. The van der Waals surface area contributed by atoms with Crippen LogP contribution in [0.3, 0.4) is 0 Å². The van der Waals surface area contributed by atoms with E-state index in [2.05, 4.69) is 41.9 Å². The number of pyridine rings is 1. The van der Waals surface area contributed by atoms with E-state index in [1.807, 2.05) is 31.3 Å². The molecule has 1 unspecified atom stereocenters. The van der Waals surface area contributed by atoms with E-state index in [-0.39, 0.29) is 0 Å². The summed E-state index contributed by atoms with van der Waals surface area (Å²) in [6.45, 7) is 4.92. The summed E-state index contributed by atoms with van der Waals surface area (Å²) in [6, 6.07) is 7.96. The van der Waals surface area contributed by atoms with Gasteiger partial charge in [-0.2, -0.15) is 0 Å². The normalized spacial score (nSPS) is 17.8. The number of nitrogens with zero attached hydrogens (tertiary/aromatic N) is 7. The number of rotatable bonds is 4. The van der Waals surface area contributed by atoms with Crippen LogP contribution in [-0.2, 0) is 0 Å². The van der Waals surface area contributed by atoms with E-state index in [9.17, 15) is 0 Å². The van der Waals surface area contributed by atoms with Gasteiger partial charge in [0.15, 0.2) is 11.5 Å². The largest absolute Gasteiger partial charge is 0.370 e. The van der Waals surface area contributed by atoms with Gasteiger partial charge in [-0.25, -0.2) is 4.98 Å². The first kappa shape index (κ1) is 13.9. The van der Waals surface area contributed by atoms with E-state index in [0.717, 1.165) is 37.7 Å². The van der Waals surface area contributed by atoms with Crippen LogP contribution in [0, 0.1) is 12.8 Å². The number of hydrogen-bond donors (Lipinski definition) is 1. The molecule has 8 heteroatoms. The van der Waals surface area contributed by atoms with Crippen LogP contribution in [0.5, 0.6) is 0 Å². The molecule has 0 amide bonds. The molecule has 1 N–H and O–H groups in total. The lowest BCUT2D eigenvalue weighted by Gasteiger charge is -2.17. The molecule has 1 fully saturated rings. The molecule has 4 heterocycles. The number of nitrogens with one attached hydrogen (secondary N) is 1. The third-order valence-electron chi connectivity index (χ3n) is 4.15. The molecule has 1 saturated heterocycles. The summed E-state index contributed by atoms with van der Waals surface area (Å²) in [5.41, 5.74) is 1.84. The summed E-state index contributed by atoms with van der Waals surface area (Å²) >= 11 is 0. The molecule has 8 nitrogen and oxygen atoms in total. The Morgan fingerprint density at radius 2 is 2.22 bits per heavy atom. The molecule has 23 heavy (non-hydrogen) atoms. The highest BCUT2D eigenvalue weighted by atomic mass is 15.6. The molecule has 0 radical (unpaired) electrons. The van der Waals surface area contributed by atoms with Crippen molar-refractivity contribution in [3.63, 3.8) is 0 Å². The highest BCUT2D eigenvalue weighted by molar-refractivity contribution is 5.45. The molecule has 0 bridgehead atoms. The van der Waals surface area contributed by atoms with Gasteiger partial charge in [0.2, 0.25) is 0 Å². The van der Waals surface area contributed by atoms with Crippen molar-refractivity contribution in [2.45, 2.75) is 13.3 Å². The van der Waals surface area contributed by atoms with Crippen LogP contribution in [0.25, 0.3) is 5.65 Å². The Balaban J connectivity index is 1.37. The molecule has 118 valence electrons. The minimum atomic E-state index is 0.574. The van der Waals surface area contributed by atoms with Crippen LogP contribution in [0.4, 0.5) is 11.6 Å². The van der Waals surface area contributed by atoms with Crippen LogP contribution in [0.2, 0.25) is 0 Å². The van der Waals surface area contributed by atoms with Crippen LogP contribution in [0.1, 0.15) is 12.0 Å². The number of fused-ring (bicyclic) bond motifs is 1. The summed E-state index contributed by atoms with van der Waals surface area (Å²) in [4.78, 5) is 6.66. The Hall–Kier alpha value is -2.77. The first-order valence-electron chi connectivity index (χ1n) is 7.75. The van der Waals surface area contributed by atoms with Crippen LogP contribution in [0.15, 0.2) is 30.5 Å². The highest BCUT2D eigenvalue weighted by Gasteiger charge is 2.23. The van der Waals surface area contributed by atoms with Crippen molar-refractivity contribution in [2.24, 2.45) is 5.92 Å². The van der Waals surface area contributed by atoms with Gasteiger partial charge < -0.3 is 10.2 Å². The Morgan fingerprint density at radius 3 is 3.09 bits per heavy atom. The number of aryl methyl sites for hydroxylation is 1. The number of hydrogen-bond acceptors (Lipinski definition) is 7. The Morgan fingerprint density at radius 1 is 1.26 bits per heavy atom.